The molecule has 0 aromatic heterocycles. The highest BCUT2D eigenvalue weighted by Crippen LogP contribution is 2.15. The Hall–Kier alpha value is -1.42. The normalized spacial score (nSPS) is 12.5. The molecule has 0 aliphatic carbocycles. The second-order valence-electron chi connectivity index (χ2n) is 4.41. The molecule has 17 heavy (non-hydrogen) atoms. The summed E-state index contributed by atoms with van der Waals surface area (Å²) in [5, 5.41) is 5.72. The Morgan fingerprint density at radius 1 is 1.41 bits per heavy atom. The van der Waals surface area contributed by atoms with Gasteiger partial charge < -0.3 is 10.6 Å². The van der Waals surface area contributed by atoms with Crippen LogP contribution in [-0.2, 0) is 4.79 Å². The minimum absolute atomic E-state index is 0.0834. The maximum absolute atomic E-state index is 13.0. The number of halogens is 1. The molecule has 0 bridgehead atoms. The lowest BCUT2D eigenvalue weighted by Crippen LogP contribution is -2.34. The molecule has 1 amide bonds. The zero-order valence-electron chi connectivity index (χ0n) is 10.5. The molecular weight excluding hydrogens is 219 g/mol. The zero-order chi connectivity index (χ0) is 12.8. The van der Waals surface area contributed by atoms with Crippen molar-refractivity contribution in [2.45, 2.75) is 13.8 Å². The van der Waals surface area contributed by atoms with Crippen LogP contribution in [0.1, 0.15) is 13.8 Å². The first kappa shape index (κ1) is 13.6. The van der Waals surface area contributed by atoms with E-state index < -0.39 is 0 Å². The Balaban J connectivity index is 2.69. The largest absolute Gasteiger partial charge is 0.326 e. The number of hydrogen-bond donors (Lipinski definition) is 2. The van der Waals surface area contributed by atoms with Crippen LogP contribution in [0.2, 0.25) is 0 Å². The predicted molar refractivity (Wildman–Crippen MR) is 67.3 cm³/mol. The fraction of sp³-hybridized carbons (Fsp3) is 0.462. The van der Waals surface area contributed by atoms with Gasteiger partial charge >= 0.3 is 0 Å². The van der Waals surface area contributed by atoms with Crippen molar-refractivity contribution in [3.8, 4) is 0 Å². The summed E-state index contributed by atoms with van der Waals surface area (Å²) in [5.41, 5.74) is 0.497. The number of carbonyl (C=O) groups excluding carboxylic acids is 1. The highest BCUT2D eigenvalue weighted by molar-refractivity contribution is 5.92. The number of rotatable bonds is 5. The van der Waals surface area contributed by atoms with E-state index in [1.54, 1.807) is 12.1 Å². The Morgan fingerprint density at radius 3 is 2.65 bits per heavy atom. The van der Waals surface area contributed by atoms with Crippen molar-refractivity contribution in [3.05, 3.63) is 30.1 Å². The Bertz CT molecular complexity index is 379. The summed E-state index contributed by atoms with van der Waals surface area (Å²) in [5.74, 6) is -0.322. The summed E-state index contributed by atoms with van der Waals surface area (Å²) >= 11 is 0. The molecule has 2 N–H and O–H groups in total. The van der Waals surface area contributed by atoms with Crippen LogP contribution in [0.5, 0.6) is 0 Å². The fourth-order valence-corrected chi connectivity index (χ4v) is 1.65. The molecule has 1 aromatic carbocycles. The standard InChI is InChI=1S/C13H19FN2O/c1-9(2)12(8-15-3)13(17)16-11-6-4-5-10(14)7-11/h4-7,9,12,15H,8H2,1-3H3,(H,16,17). The van der Waals surface area contributed by atoms with Crippen LogP contribution in [0, 0.1) is 17.7 Å². The Morgan fingerprint density at radius 2 is 2.12 bits per heavy atom. The van der Waals surface area contributed by atoms with Crippen LogP contribution in [0.4, 0.5) is 10.1 Å². The van der Waals surface area contributed by atoms with Crippen LogP contribution in [0.15, 0.2) is 24.3 Å². The second kappa shape index (κ2) is 6.35. The van der Waals surface area contributed by atoms with Crippen molar-refractivity contribution >= 4 is 11.6 Å². The molecule has 1 aromatic rings. The lowest BCUT2D eigenvalue weighted by Gasteiger charge is -2.19. The highest BCUT2D eigenvalue weighted by atomic mass is 19.1. The van der Waals surface area contributed by atoms with Crippen LogP contribution >= 0.6 is 0 Å². The third-order valence-electron chi connectivity index (χ3n) is 2.66. The summed E-state index contributed by atoms with van der Waals surface area (Å²) in [6.07, 6.45) is 0. The number of nitrogens with one attached hydrogen (secondary N) is 2. The molecule has 0 fully saturated rings. The van der Waals surface area contributed by atoms with E-state index in [1.165, 1.54) is 12.1 Å². The third kappa shape index (κ3) is 4.15. The summed E-state index contributed by atoms with van der Waals surface area (Å²) < 4.78 is 13.0. The van der Waals surface area contributed by atoms with Gasteiger partial charge in [0.2, 0.25) is 5.91 Å². The Kier molecular flexibility index (Phi) is 5.10. The number of benzene rings is 1. The molecule has 0 heterocycles. The summed E-state index contributed by atoms with van der Waals surface area (Å²) in [6, 6.07) is 5.92. The number of hydrogen-bond acceptors (Lipinski definition) is 2. The van der Waals surface area contributed by atoms with E-state index in [1.807, 2.05) is 20.9 Å². The van der Waals surface area contributed by atoms with Gasteiger partial charge in [0.1, 0.15) is 5.82 Å². The van der Waals surface area contributed by atoms with Crippen LogP contribution in [0.25, 0.3) is 0 Å². The second-order valence-corrected chi connectivity index (χ2v) is 4.41. The van der Waals surface area contributed by atoms with Crippen LogP contribution < -0.4 is 10.6 Å². The molecule has 1 unspecified atom stereocenters. The first-order valence-electron chi connectivity index (χ1n) is 5.75. The summed E-state index contributed by atoms with van der Waals surface area (Å²) in [7, 11) is 1.81. The van der Waals surface area contributed by atoms with Crippen molar-refractivity contribution in [1.82, 2.24) is 5.32 Å². The SMILES string of the molecule is CNCC(C(=O)Nc1cccc(F)c1)C(C)C. The summed E-state index contributed by atoms with van der Waals surface area (Å²) in [6.45, 7) is 4.60. The van der Waals surface area contributed by atoms with Crippen molar-refractivity contribution in [1.29, 1.82) is 0 Å². The first-order valence-corrected chi connectivity index (χ1v) is 5.75. The molecule has 4 heteroatoms. The molecule has 3 nitrogen and oxygen atoms in total. The fourth-order valence-electron chi connectivity index (χ4n) is 1.65. The van der Waals surface area contributed by atoms with E-state index >= 15 is 0 Å². The molecule has 94 valence electrons. The average Bonchev–Trinajstić information content (AvgIpc) is 2.25. The van der Waals surface area contributed by atoms with E-state index in [0.29, 0.717) is 12.2 Å². The van der Waals surface area contributed by atoms with Gasteiger partial charge in [0, 0.05) is 12.2 Å². The van der Waals surface area contributed by atoms with Crippen molar-refractivity contribution in [3.63, 3.8) is 0 Å². The molecule has 1 rings (SSSR count). The molecule has 1 atom stereocenters. The van der Waals surface area contributed by atoms with Crippen molar-refractivity contribution in [2.75, 3.05) is 18.9 Å². The monoisotopic (exact) mass is 238 g/mol. The van der Waals surface area contributed by atoms with Gasteiger partial charge in [0.15, 0.2) is 0 Å². The van der Waals surface area contributed by atoms with Crippen LogP contribution in [0.3, 0.4) is 0 Å². The van der Waals surface area contributed by atoms with Gasteiger partial charge in [-0.3, -0.25) is 4.79 Å². The van der Waals surface area contributed by atoms with Crippen LogP contribution in [-0.4, -0.2) is 19.5 Å². The number of amides is 1. The van der Waals surface area contributed by atoms with E-state index in [0.717, 1.165) is 0 Å². The molecule has 0 saturated heterocycles. The topological polar surface area (TPSA) is 41.1 Å². The maximum Gasteiger partial charge on any atom is 0.229 e. The van der Waals surface area contributed by atoms with Gasteiger partial charge in [-0.05, 0) is 31.2 Å². The van der Waals surface area contributed by atoms with E-state index in [-0.39, 0.29) is 23.6 Å². The van der Waals surface area contributed by atoms with Gasteiger partial charge in [0.05, 0.1) is 5.92 Å². The van der Waals surface area contributed by atoms with E-state index in [9.17, 15) is 9.18 Å². The maximum atomic E-state index is 13.0. The molecule has 0 spiro atoms. The smallest absolute Gasteiger partial charge is 0.229 e. The average molecular weight is 238 g/mol. The van der Waals surface area contributed by atoms with Gasteiger partial charge in [-0.1, -0.05) is 19.9 Å². The lowest BCUT2D eigenvalue weighted by atomic mass is 9.95. The van der Waals surface area contributed by atoms with Gasteiger partial charge in [-0.25, -0.2) is 4.39 Å². The van der Waals surface area contributed by atoms with E-state index in [2.05, 4.69) is 10.6 Å². The van der Waals surface area contributed by atoms with Gasteiger partial charge in [0.25, 0.3) is 0 Å². The van der Waals surface area contributed by atoms with Crippen molar-refractivity contribution < 1.29 is 9.18 Å². The molecule has 0 radical (unpaired) electrons. The van der Waals surface area contributed by atoms with Gasteiger partial charge in [-0.15, -0.1) is 0 Å². The molecule has 0 aliphatic rings. The minimum atomic E-state index is -0.350. The van der Waals surface area contributed by atoms with Crippen molar-refractivity contribution in [2.24, 2.45) is 11.8 Å². The number of carbonyl (C=O) groups is 1. The summed E-state index contributed by atoms with van der Waals surface area (Å²) in [4.78, 5) is 12.0. The molecule has 0 saturated carbocycles. The Labute approximate surface area is 101 Å². The first-order chi connectivity index (χ1) is 8.04. The van der Waals surface area contributed by atoms with E-state index in [4.69, 9.17) is 0 Å². The number of anilines is 1. The predicted octanol–water partition coefficient (Wildman–Crippen LogP) is 2.26. The quantitative estimate of drug-likeness (QED) is 0.826. The lowest BCUT2D eigenvalue weighted by molar-refractivity contribution is -0.120. The third-order valence-corrected chi connectivity index (χ3v) is 2.66. The highest BCUT2D eigenvalue weighted by Gasteiger charge is 2.21. The van der Waals surface area contributed by atoms with Gasteiger partial charge in [-0.2, -0.15) is 0 Å². The molecule has 0 aliphatic heterocycles. The zero-order valence-corrected chi connectivity index (χ0v) is 10.5. The minimum Gasteiger partial charge on any atom is -0.326 e. The molecular formula is C13H19FN2O.